The molecule has 1 aliphatic heterocycles. The highest BCUT2D eigenvalue weighted by atomic mass is 16.2. The Balaban J connectivity index is 1.72. The fourth-order valence-corrected chi connectivity index (χ4v) is 3.45. The van der Waals surface area contributed by atoms with Crippen LogP contribution in [0.1, 0.15) is 37.7 Å². The fraction of sp³-hybridized carbons (Fsp3) is 0.600. The molecule has 118 valence electrons. The van der Waals surface area contributed by atoms with Gasteiger partial charge in [-0.1, -0.05) is 13.3 Å². The molecule has 1 aromatic rings. The molecule has 1 aliphatic carbocycles. The van der Waals surface area contributed by atoms with Crippen LogP contribution in [0.5, 0.6) is 0 Å². The number of amides is 3. The van der Waals surface area contributed by atoms with Crippen LogP contribution in [-0.2, 0) is 11.2 Å². The summed E-state index contributed by atoms with van der Waals surface area (Å²) in [4.78, 5) is 32.4. The van der Waals surface area contributed by atoms with Crippen molar-refractivity contribution in [2.75, 3.05) is 11.9 Å². The zero-order valence-corrected chi connectivity index (χ0v) is 12.9. The fourth-order valence-electron chi connectivity index (χ4n) is 3.45. The van der Waals surface area contributed by atoms with Gasteiger partial charge in [0.05, 0.1) is 0 Å². The van der Waals surface area contributed by atoms with Crippen molar-refractivity contribution in [1.29, 1.82) is 0 Å². The molecule has 2 fully saturated rings. The number of urea groups is 1. The Hall–Kier alpha value is -2.18. The van der Waals surface area contributed by atoms with Crippen LogP contribution in [0.2, 0.25) is 0 Å². The van der Waals surface area contributed by atoms with Crippen LogP contribution in [-0.4, -0.2) is 34.0 Å². The van der Waals surface area contributed by atoms with Gasteiger partial charge < -0.3 is 10.6 Å². The van der Waals surface area contributed by atoms with E-state index in [4.69, 9.17) is 0 Å². The SMILES string of the molecule is CCc1cc(NC[C@@H]2CCC[C@@]23NC(=O)NC3=O)nc(C)n1. The highest BCUT2D eigenvalue weighted by Crippen LogP contribution is 2.37. The predicted octanol–water partition coefficient (Wildman–Crippen LogP) is 1.14. The number of carbonyl (C=O) groups excluding carboxylic acids is 2. The summed E-state index contributed by atoms with van der Waals surface area (Å²) in [6, 6.07) is 1.55. The molecule has 0 bridgehead atoms. The number of nitrogens with one attached hydrogen (secondary N) is 3. The van der Waals surface area contributed by atoms with Crippen LogP contribution in [0.4, 0.5) is 10.6 Å². The molecule has 7 nitrogen and oxygen atoms in total. The van der Waals surface area contributed by atoms with Gasteiger partial charge in [0.2, 0.25) is 0 Å². The number of carbonyl (C=O) groups is 2. The summed E-state index contributed by atoms with van der Waals surface area (Å²) < 4.78 is 0. The Morgan fingerprint density at radius 1 is 1.41 bits per heavy atom. The van der Waals surface area contributed by atoms with Gasteiger partial charge in [-0.15, -0.1) is 0 Å². The maximum atomic E-state index is 12.1. The molecule has 2 heterocycles. The smallest absolute Gasteiger partial charge is 0.322 e. The normalized spacial score (nSPS) is 27.1. The Morgan fingerprint density at radius 2 is 2.23 bits per heavy atom. The summed E-state index contributed by atoms with van der Waals surface area (Å²) >= 11 is 0. The number of anilines is 1. The first-order valence-electron chi connectivity index (χ1n) is 7.75. The third-order valence-electron chi connectivity index (χ3n) is 4.57. The van der Waals surface area contributed by atoms with Crippen LogP contribution < -0.4 is 16.0 Å². The van der Waals surface area contributed by atoms with Crippen LogP contribution >= 0.6 is 0 Å². The molecule has 1 aromatic heterocycles. The van der Waals surface area contributed by atoms with Crippen LogP contribution in [0.3, 0.4) is 0 Å². The van der Waals surface area contributed by atoms with Gasteiger partial charge >= 0.3 is 6.03 Å². The molecule has 3 amide bonds. The highest BCUT2D eigenvalue weighted by Gasteiger charge is 2.54. The lowest BCUT2D eigenvalue weighted by Crippen LogP contribution is -2.51. The van der Waals surface area contributed by atoms with Gasteiger partial charge in [-0.2, -0.15) is 0 Å². The van der Waals surface area contributed by atoms with Gasteiger partial charge in [-0.05, 0) is 26.2 Å². The number of imide groups is 1. The number of hydrogen-bond acceptors (Lipinski definition) is 5. The summed E-state index contributed by atoms with van der Waals surface area (Å²) in [5.41, 5.74) is 0.239. The molecule has 0 radical (unpaired) electrons. The molecule has 3 rings (SSSR count). The number of hydrogen-bond donors (Lipinski definition) is 3. The molecular weight excluding hydrogens is 282 g/mol. The standard InChI is InChI=1S/C15H21N5O2/c1-3-11-7-12(18-9(2)17-11)16-8-10-5-4-6-15(10)13(21)19-14(22)20-15/h7,10H,3-6,8H2,1-2H3,(H,16,17,18)(H2,19,20,21,22)/t10-,15+/m0/s1. The summed E-state index contributed by atoms with van der Waals surface area (Å²) in [6.07, 6.45) is 3.39. The Kier molecular flexibility index (Phi) is 3.72. The third-order valence-corrected chi connectivity index (χ3v) is 4.57. The zero-order chi connectivity index (χ0) is 15.7. The molecule has 22 heavy (non-hydrogen) atoms. The van der Waals surface area contributed by atoms with Crippen LogP contribution in [0.15, 0.2) is 6.07 Å². The van der Waals surface area contributed by atoms with E-state index in [9.17, 15) is 9.59 Å². The minimum atomic E-state index is -0.750. The van der Waals surface area contributed by atoms with E-state index in [0.717, 1.165) is 36.6 Å². The topological polar surface area (TPSA) is 96.0 Å². The first kappa shape index (κ1) is 14.7. The van der Waals surface area contributed by atoms with Crippen molar-refractivity contribution < 1.29 is 9.59 Å². The maximum Gasteiger partial charge on any atom is 0.322 e. The van der Waals surface area contributed by atoms with Crippen molar-refractivity contribution in [3.8, 4) is 0 Å². The molecule has 2 atom stereocenters. The predicted molar refractivity (Wildman–Crippen MR) is 81.4 cm³/mol. The second-order valence-electron chi connectivity index (χ2n) is 5.99. The number of nitrogens with zero attached hydrogens (tertiary/aromatic N) is 2. The minimum absolute atomic E-state index is 0.0688. The Morgan fingerprint density at radius 3 is 2.91 bits per heavy atom. The monoisotopic (exact) mass is 303 g/mol. The van der Waals surface area contributed by atoms with E-state index in [-0.39, 0.29) is 17.9 Å². The van der Waals surface area contributed by atoms with Gasteiger partial charge in [0.25, 0.3) is 5.91 Å². The molecule has 1 saturated carbocycles. The third kappa shape index (κ3) is 2.51. The number of rotatable bonds is 4. The molecule has 0 unspecified atom stereocenters. The van der Waals surface area contributed by atoms with Gasteiger partial charge in [-0.3, -0.25) is 10.1 Å². The van der Waals surface area contributed by atoms with E-state index >= 15 is 0 Å². The van der Waals surface area contributed by atoms with Gasteiger partial charge in [0.1, 0.15) is 17.2 Å². The van der Waals surface area contributed by atoms with Gasteiger partial charge in [0.15, 0.2) is 0 Å². The highest BCUT2D eigenvalue weighted by molar-refractivity contribution is 6.07. The summed E-state index contributed by atoms with van der Waals surface area (Å²) in [7, 11) is 0. The van der Waals surface area contributed by atoms with Crippen LogP contribution in [0.25, 0.3) is 0 Å². The maximum absolute atomic E-state index is 12.1. The van der Waals surface area contributed by atoms with Crippen molar-refractivity contribution >= 4 is 17.8 Å². The van der Waals surface area contributed by atoms with Crippen molar-refractivity contribution in [3.05, 3.63) is 17.6 Å². The second kappa shape index (κ2) is 5.55. The van der Waals surface area contributed by atoms with Crippen molar-refractivity contribution in [2.45, 2.75) is 45.1 Å². The van der Waals surface area contributed by atoms with Crippen molar-refractivity contribution in [1.82, 2.24) is 20.6 Å². The van der Waals surface area contributed by atoms with Crippen LogP contribution in [0, 0.1) is 12.8 Å². The molecule has 3 N–H and O–H groups in total. The quantitative estimate of drug-likeness (QED) is 0.725. The van der Waals surface area contributed by atoms with Crippen molar-refractivity contribution in [3.63, 3.8) is 0 Å². The molecule has 1 spiro atoms. The Labute approximate surface area is 129 Å². The van der Waals surface area contributed by atoms with E-state index in [1.165, 1.54) is 0 Å². The Bertz CT molecular complexity index is 618. The summed E-state index contributed by atoms with van der Waals surface area (Å²) in [6.45, 7) is 4.52. The van der Waals surface area contributed by atoms with E-state index < -0.39 is 5.54 Å². The van der Waals surface area contributed by atoms with Gasteiger partial charge in [0, 0.05) is 24.2 Å². The van der Waals surface area contributed by atoms with E-state index in [0.29, 0.717) is 13.0 Å². The average molecular weight is 303 g/mol. The van der Waals surface area contributed by atoms with E-state index in [1.807, 2.05) is 13.0 Å². The molecule has 7 heteroatoms. The molecule has 2 aliphatic rings. The molecule has 0 aromatic carbocycles. The zero-order valence-electron chi connectivity index (χ0n) is 12.9. The lowest BCUT2D eigenvalue weighted by Gasteiger charge is -2.28. The van der Waals surface area contributed by atoms with E-state index in [2.05, 4.69) is 32.8 Å². The minimum Gasteiger partial charge on any atom is -0.370 e. The number of aryl methyl sites for hydroxylation is 2. The van der Waals surface area contributed by atoms with E-state index in [1.54, 1.807) is 0 Å². The lowest BCUT2D eigenvalue weighted by molar-refractivity contribution is -0.125. The first-order valence-corrected chi connectivity index (χ1v) is 7.75. The summed E-state index contributed by atoms with van der Waals surface area (Å²) in [5, 5.41) is 8.50. The molecular formula is C15H21N5O2. The second-order valence-corrected chi connectivity index (χ2v) is 5.99. The van der Waals surface area contributed by atoms with Crippen molar-refractivity contribution in [2.24, 2.45) is 5.92 Å². The lowest BCUT2D eigenvalue weighted by atomic mass is 9.87. The largest absolute Gasteiger partial charge is 0.370 e. The summed E-state index contributed by atoms with van der Waals surface area (Å²) in [5.74, 6) is 1.38. The first-order chi connectivity index (χ1) is 10.5. The number of aromatic nitrogens is 2. The average Bonchev–Trinajstić information content (AvgIpc) is 3.00. The van der Waals surface area contributed by atoms with Gasteiger partial charge in [-0.25, -0.2) is 14.8 Å². The molecule has 1 saturated heterocycles.